The van der Waals surface area contributed by atoms with Crippen molar-refractivity contribution in [2.24, 2.45) is 0 Å². The van der Waals surface area contributed by atoms with Gasteiger partial charge in [-0.3, -0.25) is 4.79 Å². The Morgan fingerprint density at radius 2 is 0.742 bits per heavy atom. The molecule has 0 aromatic heterocycles. The Hall–Kier alpha value is -1.21. The Balaban J connectivity index is 3.60. The van der Waals surface area contributed by atoms with Gasteiger partial charge in [0.15, 0.2) is 0 Å². The second kappa shape index (κ2) is 50.8. The summed E-state index contributed by atoms with van der Waals surface area (Å²) in [6.07, 6.45) is 61.0. The topological polar surface area (TPSA) is 110 Å². The van der Waals surface area contributed by atoms with E-state index in [2.05, 4.69) is 43.5 Å². The number of aliphatic hydroxyl groups excluding tert-OH is 4. The molecule has 0 aromatic rings. The van der Waals surface area contributed by atoms with Crippen LogP contribution in [0.4, 0.5) is 0 Å². The van der Waals surface area contributed by atoms with Crippen molar-refractivity contribution in [1.29, 1.82) is 0 Å². The highest BCUT2D eigenvalue weighted by Gasteiger charge is 2.28. The van der Waals surface area contributed by atoms with Crippen LogP contribution in [-0.2, 0) is 4.79 Å². The minimum atomic E-state index is -1.26. The van der Waals surface area contributed by atoms with Gasteiger partial charge in [-0.25, -0.2) is 0 Å². The molecule has 0 aliphatic heterocycles. The van der Waals surface area contributed by atoms with Gasteiger partial charge in [0.05, 0.1) is 18.8 Å². The van der Waals surface area contributed by atoms with E-state index < -0.39 is 36.9 Å². The molecule has 6 nitrogen and oxygen atoms in total. The monoisotopic (exact) mass is 876 g/mol. The summed E-state index contributed by atoms with van der Waals surface area (Å²) in [5.74, 6) is -0.581. The number of rotatable bonds is 51. The molecule has 0 saturated carbocycles. The third kappa shape index (κ3) is 44.0. The first-order valence-corrected chi connectivity index (χ1v) is 27.7. The molecule has 0 radical (unpaired) electrons. The van der Waals surface area contributed by atoms with Crippen molar-refractivity contribution in [2.45, 2.75) is 321 Å². The van der Waals surface area contributed by atoms with Crippen LogP contribution in [0.2, 0.25) is 0 Å². The number of carbonyl (C=O) groups excluding carboxylic acids is 1. The zero-order chi connectivity index (χ0) is 45.2. The van der Waals surface area contributed by atoms with E-state index in [1.54, 1.807) is 0 Å². The molecule has 0 spiro atoms. The lowest BCUT2D eigenvalue weighted by Gasteiger charge is -2.27. The van der Waals surface area contributed by atoms with E-state index in [1.807, 2.05) is 0 Å². The average Bonchev–Trinajstić information content (AvgIpc) is 3.28. The molecule has 62 heavy (non-hydrogen) atoms. The molecule has 368 valence electrons. The molecule has 0 bridgehead atoms. The predicted molar refractivity (Wildman–Crippen MR) is 270 cm³/mol. The van der Waals surface area contributed by atoms with Crippen LogP contribution in [0.25, 0.3) is 0 Å². The quantitative estimate of drug-likeness (QED) is 0.0309. The smallest absolute Gasteiger partial charge is 0.249 e. The van der Waals surface area contributed by atoms with Gasteiger partial charge >= 0.3 is 0 Å². The molecule has 0 rings (SSSR count). The second-order valence-electron chi connectivity index (χ2n) is 19.3. The van der Waals surface area contributed by atoms with Gasteiger partial charge in [-0.1, -0.05) is 282 Å². The molecular formula is C56H109NO5. The standard InChI is InChI=1S/C56H109NO5/c1-3-5-7-9-11-13-15-17-19-21-23-25-26-27-28-29-30-32-33-35-37-39-41-43-45-47-49-53(59)55(61)52(51-58)57-56(62)54(60)50-48-46-44-42-40-38-36-34-31-24-22-20-18-16-14-12-10-8-6-4-2/h6,8,12,14,52-55,58-61H,3-5,7,9-11,13,15-51H2,1-2H3,(H,57,62)/b8-6-,14-12-. The molecule has 0 heterocycles. The molecule has 1 amide bonds. The van der Waals surface area contributed by atoms with Crippen LogP contribution in [0.1, 0.15) is 296 Å². The van der Waals surface area contributed by atoms with Crippen LogP contribution < -0.4 is 5.32 Å². The van der Waals surface area contributed by atoms with Crippen molar-refractivity contribution in [1.82, 2.24) is 5.32 Å². The SMILES string of the molecule is CC/C=C\C/C=C\CCCCCCCCCCCCCCCC(O)C(=O)NC(CO)C(O)C(O)CCCCCCCCCCCCCCCCCCCCCCCCCCCC. The third-order valence-corrected chi connectivity index (χ3v) is 13.2. The summed E-state index contributed by atoms with van der Waals surface area (Å²) in [5, 5.41) is 44.0. The minimum absolute atomic E-state index is 0.370. The van der Waals surface area contributed by atoms with Gasteiger partial charge in [-0.15, -0.1) is 0 Å². The van der Waals surface area contributed by atoms with Gasteiger partial charge in [0, 0.05) is 0 Å². The number of aliphatic hydroxyl groups is 4. The molecule has 5 N–H and O–H groups in total. The van der Waals surface area contributed by atoms with Crippen LogP contribution in [0, 0.1) is 0 Å². The summed E-state index contributed by atoms with van der Waals surface area (Å²) in [7, 11) is 0. The fraction of sp³-hybridized carbons (Fsp3) is 0.911. The second-order valence-corrected chi connectivity index (χ2v) is 19.3. The van der Waals surface area contributed by atoms with Gasteiger partial charge in [0.2, 0.25) is 5.91 Å². The van der Waals surface area contributed by atoms with Crippen molar-refractivity contribution >= 4 is 5.91 Å². The lowest BCUT2D eigenvalue weighted by molar-refractivity contribution is -0.132. The number of unbranched alkanes of at least 4 members (excludes halogenated alkanes) is 38. The van der Waals surface area contributed by atoms with Crippen LogP contribution in [-0.4, -0.2) is 57.3 Å². The molecule has 0 aromatic carbocycles. The zero-order valence-corrected chi connectivity index (χ0v) is 41.6. The fourth-order valence-corrected chi connectivity index (χ4v) is 8.86. The number of nitrogens with one attached hydrogen (secondary N) is 1. The van der Waals surface area contributed by atoms with Crippen molar-refractivity contribution in [3.8, 4) is 0 Å². The Morgan fingerprint density at radius 1 is 0.419 bits per heavy atom. The molecule has 4 unspecified atom stereocenters. The van der Waals surface area contributed by atoms with Crippen LogP contribution >= 0.6 is 0 Å². The first-order valence-electron chi connectivity index (χ1n) is 27.7. The summed E-state index contributed by atoms with van der Waals surface area (Å²) >= 11 is 0. The van der Waals surface area contributed by atoms with E-state index >= 15 is 0 Å². The maximum absolute atomic E-state index is 12.6. The van der Waals surface area contributed by atoms with E-state index in [4.69, 9.17) is 0 Å². The highest BCUT2D eigenvalue weighted by molar-refractivity contribution is 5.80. The summed E-state index contributed by atoms with van der Waals surface area (Å²) in [4.78, 5) is 12.6. The van der Waals surface area contributed by atoms with Crippen LogP contribution in [0.5, 0.6) is 0 Å². The molecular weight excluding hydrogens is 767 g/mol. The zero-order valence-electron chi connectivity index (χ0n) is 41.6. The molecule has 0 saturated heterocycles. The lowest BCUT2D eigenvalue weighted by atomic mass is 9.99. The van der Waals surface area contributed by atoms with Gasteiger partial charge < -0.3 is 25.7 Å². The first-order chi connectivity index (χ1) is 30.5. The number of amides is 1. The lowest BCUT2D eigenvalue weighted by Crippen LogP contribution is -2.53. The maximum Gasteiger partial charge on any atom is 0.249 e. The number of hydrogen-bond donors (Lipinski definition) is 5. The fourth-order valence-electron chi connectivity index (χ4n) is 8.86. The first kappa shape index (κ1) is 60.8. The highest BCUT2D eigenvalue weighted by Crippen LogP contribution is 2.18. The number of allylic oxidation sites excluding steroid dienone is 4. The summed E-state index contributed by atoms with van der Waals surface area (Å²) in [6.45, 7) is 3.98. The molecule has 6 heteroatoms. The van der Waals surface area contributed by atoms with E-state index in [9.17, 15) is 25.2 Å². The largest absolute Gasteiger partial charge is 0.394 e. The summed E-state index contributed by atoms with van der Waals surface area (Å²) in [5.41, 5.74) is 0. The number of carbonyl (C=O) groups is 1. The van der Waals surface area contributed by atoms with Crippen molar-refractivity contribution in [2.75, 3.05) is 6.61 Å². The van der Waals surface area contributed by atoms with Gasteiger partial charge in [0.25, 0.3) is 0 Å². The minimum Gasteiger partial charge on any atom is -0.394 e. The van der Waals surface area contributed by atoms with E-state index in [1.165, 1.54) is 218 Å². The Bertz CT molecular complexity index is 939. The number of hydrogen-bond acceptors (Lipinski definition) is 5. The Kier molecular flexibility index (Phi) is 49.8. The van der Waals surface area contributed by atoms with Gasteiger partial charge in [0.1, 0.15) is 12.2 Å². The normalized spacial score (nSPS) is 14.0. The Labute approximate surface area is 386 Å². The van der Waals surface area contributed by atoms with E-state index in [0.29, 0.717) is 12.8 Å². The molecule has 0 fully saturated rings. The van der Waals surface area contributed by atoms with E-state index in [-0.39, 0.29) is 0 Å². The summed E-state index contributed by atoms with van der Waals surface area (Å²) < 4.78 is 0. The highest BCUT2D eigenvalue weighted by atomic mass is 16.3. The van der Waals surface area contributed by atoms with Crippen molar-refractivity contribution in [3.05, 3.63) is 24.3 Å². The van der Waals surface area contributed by atoms with Crippen LogP contribution in [0.15, 0.2) is 24.3 Å². The van der Waals surface area contributed by atoms with Crippen molar-refractivity contribution in [3.63, 3.8) is 0 Å². The average molecular weight is 876 g/mol. The van der Waals surface area contributed by atoms with E-state index in [0.717, 1.165) is 51.4 Å². The summed E-state index contributed by atoms with van der Waals surface area (Å²) in [6, 6.07) is -0.985. The molecule has 0 aliphatic rings. The molecule has 0 aliphatic carbocycles. The van der Waals surface area contributed by atoms with Gasteiger partial charge in [-0.2, -0.15) is 0 Å². The maximum atomic E-state index is 12.6. The van der Waals surface area contributed by atoms with Gasteiger partial charge in [-0.05, 0) is 38.5 Å². The van der Waals surface area contributed by atoms with Crippen LogP contribution in [0.3, 0.4) is 0 Å². The molecule has 4 atom stereocenters. The van der Waals surface area contributed by atoms with Crippen molar-refractivity contribution < 1.29 is 25.2 Å². The predicted octanol–water partition coefficient (Wildman–Crippen LogP) is 15.9. The third-order valence-electron chi connectivity index (χ3n) is 13.2. The Morgan fingerprint density at radius 3 is 1.10 bits per heavy atom.